The Morgan fingerprint density at radius 1 is 0.941 bits per heavy atom. The number of fused-ring (bicyclic) bond motifs is 3. The van der Waals surface area contributed by atoms with Crippen molar-refractivity contribution >= 4 is 5.69 Å². The van der Waals surface area contributed by atoms with Gasteiger partial charge in [-0.3, -0.25) is 0 Å². The molecule has 3 rings (SSSR count). The van der Waals surface area contributed by atoms with E-state index in [2.05, 4.69) is 0 Å². The lowest BCUT2D eigenvalue weighted by molar-refractivity contribution is 0.600. The van der Waals surface area contributed by atoms with E-state index in [9.17, 15) is 8.78 Å². The Hall–Kier alpha value is -1.90. The van der Waals surface area contributed by atoms with E-state index in [0.29, 0.717) is 16.7 Å². The third kappa shape index (κ3) is 1.28. The van der Waals surface area contributed by atoms with Crippen LogP contribution in [0.4, 0.5) is 14.5 Å². The SMILES string of the molecule is Cc1ccc2c(c1F)Cc1c-2ccc(N)c1F. The van der Waals surface area contributed by atoms with Gasteiger partial charge in [0.05, 0.1) is 5.69 Å². The molecule has 0 spiro atoms. The maximum Gasteiger partial charge on any atom is 0.150 e. The number of hydrogen-bond donors (Lipinski definition) is 1. The molecule has 2 aromatic carbocycles. The second-order valence-corrected chi connectivity index (χ2v) is 4.39. The zero-order valence-electron chi connectivity index (χ0n) is 9.35. The molecular formula is C14H11F2N. The molecule has 3 heteroatoms. The Labute approximate surface area is 97.9 Å². The molecule has 0 atom stereocenters. The van der Waals surface area contributed by atoms with E-state index in [1.807, 2.05) is 6.07 Å². The molecule has 17 heavy (non-hydrogen) atoms. The fraction of sp³-hybridized carbons (Fsp3) is 0.143. The van der Waals surface area contributed by atoms with E-state index in [0.717, 1.165) is 11.1 Å². The first-order chi connectivity index (χ1) is 8.09. The molecule has 0 aromatic heterocycles. The Kier molecular flexibility index (Phi) is 1.99. The lowest BCUT2D eigenvalue weighted by Gasteiger charge is -2.04. The Bertz CT molecular complexity index is 577. The van der Waals surface area contributed by atoms with Crippen molar-refractivity contribution in [2.45, 2.75) is 13.3 Å². The van der Waals surface area contributed by atoms with Gasteiger partial charge in [-0.05, 0) is 29.7 Å². The van der Waals surface area contributed by atoms with E-state index in [1.54, 1.807) is 19.1 Å². The predicted molar refractivity (Wildman–Crippen MR) is 63.7 cm³/mol. The van der Waals surface area contributed by atoms with Crippen LogP contribution in [0.5, 0.6) is 0 Å². The average Bonchev–Trinajstić information content (AvgIpc) is 2.69. The lowest BCUT2D eigenvalue weighted by atomic mass is 10.0. The van der Waals surface area contributed by atoms with Crippen molar-refractivity contribution in [1.82, 2.24) is 0 Å². The van der Waals surface area contributed by atoms with E-state index < -0.39 is 5.82 Å². The minimum absolute atomic E-state index is 0.119. The standard InChI is InChI=1S/C14H11F2N/c1-7-2-3-8-9-4-5-12(17)14(16)11(9)6-10(8)13(7)15/h2-5H,6,17H2,1H3. The van der Waals surface area contributed by atoms with Crippen molar-refractivity contribution in [3.05, 3.63) is 52.6 Å². The largest absolute Gasteiger partial charge is 0.396 e. The van der Waals surface area contributed by atoms with Gasteiger partial charge in [0.25, 0.3) is 0 Å². The fourth-order valence-corrected chi connectivity index (χ4v) is 2.40. The van der Waals surface area contributed by atoms with Gasteiger partial charge in [0, 0.05) is 17.5 Å². The molecular weight excluding hydrogens is 220 g/mol. The van der Waals surface area contributed by atoms with Crippen LogP contribution in [0.2, 0.25) is 0 Å². The second kappa shape index (κ2) is 3.29. The van der Waals surface area contributed by atoms with Crippen LogP contribution in [-0.2, 0) is 6.42 Å². The highest BCUT2D eigenvalue weighted by Crippen LogP contribution is 2.40. The van der Waals surface area contributed by atoms with Crippen molar-refractivity contribution in [1.29, 1.82) is 0 Å². The summed E-state index contributed by atoms with van der Waals surface area (Å²) >= 11 is 0. The Balaban J connectivity index is 2.31. The minimum atomic E-state index is -0.421. The van der Waals surface area contributed by atoms with Crippen molar-refractivity contribution in [2.75, 3.05) is 5.73 Å². The summed E-state index contributed by atoms with van der Waals surface area (Å²) in [6, 6.07) is 6.85. The predicted octanol–water partition coefficient (Wildman–Crippen LogP) is 3.43. The van der Waals surface area contributed by atoms with Crippen molar-refractivity contribution < 1.29 is 8.78 Å². The zero-order chi connectivity index (χ0) is 12.2. The summed E-state index contributed by atoms with van der Waals surface area (Å²) in [5, 5.41) is 0. The van der Waals surface area contributed by atoms with Crippen LogP contribution < -0.4 is 5.73 Å². The van der Waals surface area contributed by atoms with Crippen LogP contribution in [0.1, 0.15) is 16.7 Å². The van der Waals surface area contributed by atoms with Crippen LogP contribution in [0, 0.1) is 18.6 Å². The average molecular weight is 231 g/mol. The van der Waals surface area contributed by atoms with Crippen molar-refractivity contribution in [3.8, 4) is 11.1 Å². The lowest BCUT2D eigenvalue weighted by Crippen LogP contribution is -1.96. The summed E-state index contributed by atoms with van der Waals surface area (Å²) in [4.78, 5) is 0. The fourth-order valence-electron chi connectivity index (χ4n) is 2.40. The maximum atomic E-state index is 13.9. The normalized spacial score (nSPS) is 12.4. The minimum Gasteiger partial charge on any atom is -0.396 e. The van der Waals surface area contributed by atoms with Crippen molar-refractivity contribution in [3.63, 3.8) is 0 Å². The van der Waals surface area contributed by atoms with Gasteiger partial charge in [-0.2, -0.15) is 0 Å². The van der Waals surface area contributed by atoms with Crippen LogP contribution in [-0.4, -0.2) is 0 Å². The first kappa shape index (κ1) is 10.3. The molecule has 86 valence electrons. The van der Waals surface area contributed by atoms with E-state index in [-0.39, 0.29) is 17.9 Å². The van der Waals surface area contributed by atoms with Crippen molar-refractivity contribution in [2.24, 2.45) is 0 Å². The van der Waals surface area contributed by atoms with Crippen LogP contribution >= 0.6 is 0 Å². The first-order valence-corrected chi connectivity index (χ1v) is 5.45. The zero-order valence-corrected chi connectivity index (χ0v) is 9.35. The van der Waals surface area contributed by atoms with Gasteiger partial charge in [-0.1, -0.05) is 18.2 Å². The van der Waals surface area contributed by atoms with Gasteiger partial charge in [0.1, 0.15) is 11.6 Å². The van der Waals surface area contributed by atoms with Gasteiger partial charge in [-0.15, -0.1) is 0 Å². The molecule has 1 aliphatic rings. The van der Waals surface area contributed by atoms with E-state index >= 15 is 0 Å². The molecule has 1 aliphatic carbocycles. The van der Waals surface area contributed by atoms with Gasteiger partial charge in [-0.25, -0.2) is 8.78 Å². The summed E-state index contributed by atoms with van der Waals surface area (Å²) in [6.07, 6.45) is 0.287. The van der Waals surface area contributed by atoms with E-state index in [4.69, 9.17) is 5.73 Å². The second-order valence-electron chi connectivity index (χ2n) is 4.39. The number of nitrogens with two attached hydrogens (primary N) is 1. The monoisotopic (exact) mass is 231 g/mol. The summed E-state index contributed by atoms with van der Waals surface area (Å²) in [6.45, 7) is 1.71. The summed E-state index contributed by atoms with van der Waals surface area (Å²) in [7, 11) is 0. The molecule has 0 saturated carbocycles. The van der Waals surface area contributed by atoms with Gasteiger partial charge in [0.2, 0.25) is 0 Å². The number of benzene rings is 2. The molecule has 2 N–H and O–H groups in total. The number of hydrogen-bond acceptors (Lipinski definition) is 1. The number of anilines is 1. The Morgan fingerprint density at radius 3 is 2.24 bits per heavy atom. The molecule has 0 saturated heterocycles. The molecule has 0 fully saturated rings. The maximum absolute atomic E-state index is 13.9. The number of rotatable bonds is 0. The van der Waals surface area contributed by atoms with Gasteiger partial charge >= 0.3 is 0 Å². The smallest absolute Gasteiger partial charge is 0.150 e. The van der Waals surface area contributed by atoms with Crippen LogP contribution in [0.25, 0.3) is 11.1 Å². The third-order valence-electron chi connectivity index (χ3n) is 3.35. The number of halogens is 2. The summed E-state index contributed by atoms with van der Waals surface area (Å²) in [5.74, 6) is -0.660. The molecule has 2 aromatic rings. The van der Waals surface area contributed by atoms with E-state index in [1.165, 1.54) is 6.07 Å². The molecule has 0 aliphatic heterocycles. The highest BCUT2D eigenvalue weighted by Gasteiger charge is 2.25. The summed E-state index contributed by atoms with van der Waals surface area (Å²) < 4.78 is 27.8. The molecule has 0 bridgehead atoms. The highest BCUT2D eigenvalue weighted by molar-refractivity contribution is 5.79. The summed E-state index contributed by atoms with van der Waals surface area (Å²) in [5.41, 5.74) is 8.85. The molecule has 0 heterocycles. The number of nitrogen functional groups attached to an aromatic ring is 1. The topological polar surface area (TPSA) is 26.0 Å². The van der Waals surface area contributed by atoms with Crippen LogP contribution in [0.3, 0.4) is 0 Å². The number of aryl methyl sites for hydroxylation is 1. The van der Waals surface area contributed by atoms with Gasteiger partial charge in [0.15, 0.2) is 0 Å². The highest BCUT2D eigenvalue weighted by atomic mass is 19.1. The van der Waals surface area contributed by atoms with Crippen LogP contribution in [0.15, 0.2) is 24.3 Å². The first-order valence-electron chi connectivity index (χ1n) is 5.45. The quantitative estimate of drug-likeness (QED) is 0.589. The molecule has 1 nitrogen and oxygen atoms in total. The third-order valence-corrected chi connectivity index (χ3v) is 3.35. The molecule has 0 unspecified atom stereocenters. The molecule has 0 amide bonds. The molecule has 0 radical (unpaired) electrons. The Morgan fingerprint density at radius 2 is 1.53 bits per heavy atom. The van der Waals surface area contributed by atoms with Gasteiger partial charge < -0.3 is 5.73 Å².